The molecule has 0 radical (unpaired) electrons. The van der Waals surface area contributed by atoms with Crippen molar-refractivity contribution in [2.24, 2.45) is 0 Å². The summed E-state index contributed by atoms with van der Waals surface area (Å²) in [5.41, 5.74) is 2.61. The standard InChI is InChI=1S/C18H20BrClN2O2/c1-11-8-16(17(24-3)9-15(11)20)22-18(23)10-21-12(2)13-4-6-14(19)7-5-13/h4-9,12,21H,10H2,1-3H3,(H,22,23)/t12-/m0/s1. The van der Waals surface area contributed by atoms with E-state index in [9.17, 15) is 4.79 Å². The third-order valence-corrected chi connectivity index (χ3v) is 4.63. The summed E-state index contributed by atoms with van der Waals surface area (Å²) in [4.78, 5) is 12.2. The average Bonchev–Trinajstić information content (AvgIpc) is 2.56. The van der Waals surface area contributed by atoms with Gasteiger partial charge in [0.05, 0.1) is 19.3 Å². The molecule has 4 nitrogen and oxygen atoms in total. The molecule has 0 saturated carbocycles. The number of hydrogen-bond acceptors (Lipinski definition) is 3. The maximum absolute atomic E-state index is 12.2. The van der Waals surface area contributed by atoms with Gasteiger partial charge in [0.15, 0.2) is 0 Å². The van der Waals surface area contributed by atoms with E-state index in [2.05, 4.69) is 26.6 Å². The molecule has 0 bridgehead atoms. The first-order chi connectivity index (χ1) is 11.4. The minimum absolute atomic E-state index is 0.0673. The lowest BCUT2D eigenvalue weighted by Crippen LogP contribution is -2.30. The fourth-order valence-corrected chi connectivity index (χ4v) is 2.66. The molecule has 0 aliphatic carbocycles. The van der Waals surface area contributed by atoms with Crippen molar-refractivity contribution in [2.45, 2.75) is 19.9 Å². The van der Waals surface area contributed by atoms with Gasteiger partial charge < -0.3 is 15.4 Å². The fourth-order valence-electron chi connectivity index (χ4n) is 2.24. The third-order valence-electron chi connectivity index (χ3n) is 3.69. The van der Waals surface area contributed by atoms with Crippen LogP contribution in [0.25, 0.3) is 0 Å². The molecule has 0 aliphatic rings. The first kappa shape index (κ1) is 18.8. The number of hydrogen-bond donors (Lipinski definition) is 2. The topological polar surface area (TPSA) is 50.4 Å². The second-order valence-corrected chi connectivity index (χ2v) is 6.83. The van der Waals surface area contributed by atoms with Crippen LogP contribution in [0.5, 0.6) is 5.75 Å². The Hall–Kier alpha value is -1.56. The number of benzene rings is 2. The Bertz CT molecular complexity index is 720. The molecule has 2 rings (SSSR count). The Kier molecular flexibility index (Phi) is 6.66. The molecule has 128 valence electrons. The predicted molar refractivity (Wildman–Crippen MR) is 102 cm³/mol. The maximum atomic E-state index is 12.2. The van der Waals surface area contributed by atoms with E-state index < -0.39 is 0 Å². The van der Waals surface area contributed by atoms with E-state index >= 15 is 0 Å². The number of methoxy groups -OCH3 is 1. The maximum Gasteiger partial charge on any atom is 0.238 e. The fraction of sp³-hybridized carbons (Fsp3) is 0.278. The molecule has 2 aromatic rings. The van der Waals surface area contributed by atoms with Gasteiger partial charge in [0, 0.05) is 21.6 Å². The molecule has 0 aliphatic heterocycles. The number of aryl methyl sites for hydroxylation is 1. The van der Waals surface area contributed by atoms with E-state index in [-0.39, 0.29) is 18.5 Å². The van der Waals surface area contributed by atoms with Crippen LogP contribution in [0.1, 0.15) is 24.1 Å². The molecule has 2 aromatic carbocycles. The van der Waals surface area contributed by atoms with Crippen LogP contribution in [0.15, 0.2) is 40.9 Å². The Labute approximate surface area is 155 Å². The number of nitrogens with one attached hydrogen (secondary N) is 2. The molecule has 0 unspecified atom stereocenters. The monoisotopic (exact) mass is 410 g/mol. The van der Waals surface area contributed by atoms with E-state index in [1.54, 1.807) is 19.2 Å². The van der Waals surface area contributed by atoms with Crippen LogP contribution in [0.4, 0.5) is 5.69 Å². The molecule has 1 atom stereocenters. The Morgan fingerprint density at radius 2 is 1.96 bits per heavy atom. The van der Waals surface area contributed by atoms with Crippen LogP contribution in [-0.2, 0) is 4.79 Å². The van der Waals surface area contributed by atoms with E-state index in [0.717, 1.165) is 15.6 Å². The summed E-state index contributed by atoms with van der Waals surface area (Å²) in [6, 6.07) is 11.6. The summed E-state index contributed by atoms with van der Waals surface area (Å²) in [6.07, 6.45) is 0. The molecule has 0 heterocycles. The highest BCUT2D eigenvalue weighted by Crippen LogP contribution is 2.30. The molecule has 2 N–H and O–H groups in total. The zero-order valence-corrected chi connectivity index (χ0v) is 16.2. The van der Waals surface area contributed by atoms with Gasteiger partial charge in [-0.15, -0.1) is 0 Å². The second-order valence-electron chi connectivity index (χ2n) is 5.50. The summed E-state index contributed by atoms with van der Waals surface area (Å²) >= 11 is 9.49. The first-order valence-corrected chi connectivity index (χ1v) is 8.70. The number of rotatable bonds is 6. The first-order valence-electron chi connectivity index (χ1n) is 7.53. The van der Waals surface area contributed by atoms with Gasteiger partial charge in [-0.25, -0.2) is 0 Å². The highest BCUT2D eigenvalue weighted by atomic mass is 79.9. The van der Waals surface area contributed by atoms with Gasteiger partial charge in [-0.1, -0.05) is 39.7 Å². The highest BCUT2D eigenvalue weighted by Gasteiger charge is 2.12. The van der Waals surface area contributed by atoms with Crippen molar-refractivity contribution < 1.29 is 9.53 Å². The van der Waals surface area contributed by atoms with E-state index in [1.165, 1.54) is 0 Å². The minimum Gasteiger partial charge on any atom is -0.495 e. The number of carbonyl (C=O) groups excluding carboxylic acids is 1. The Morgan fingerprint density at radius 3 is 2.58 bits per heavy atom. The number of amides is 1. The van der Waals surface area contributed by atoms with Gasteiger partial charge in [-0.3, -0.25) is 4.79 Å². The van der Waals surface area contributed by atoms with Crippen molar-refractivity contribution >= 4 is 39.1 Å². The van der Waals surface area contributed by atoms with Crippen LogP contribution in [0.3, 0.4) is 0 Å². The lowest BCUT2D eigenvalue weighted by Gasteiger charge is -2.16. The van der Waals surface area contributed by atoms with E-state index in [1.807, 2.05) is 38.1 Å². The van der Waals surface area contributed by atoms with Gasteiger partial charge in [0.1, 0.15) is 5.75 Å². The third kappa shape index (κ3) is 4.97. The minimum atomic E-state index is -0.140. The SMILES string of the molecule is COc1cc(Cl)c(C)cc1NC(=O)CN[C@@H](C)c1ccc(Br)cc1. The quantitative estimate of drug-likeness (QED) is 0.724. The molecule has 0 saturated heterocycles. The van der Waals surface area contributed by atoms with E-state index in [4.69, 9.17) is 16.3 Å². The van der Waals surface area contributed by atoms with Crippen molar-refractivity contribution in [3.63, 3.8) is 0 Å². The average molecular weight is 412 g/mol. The lowest BCUT2D eigenvalue weighted by molar-refractivity contribution is -0.115. The summed E-state index contributed by atoms with van der Waals surface area (Å²) in [5.74, 6) is 0.402. The number of anilines is 1. The summed E-state index contributed by atoms with van der Waals surface area (Å²) < 4.78 is 6.29. The number of carbonyl (C=O) groups is 1. The van der Waals surface area contributed by atoms with Crippen molar-refractivity contribution in [3.8, 4) is 5.75 Å². The van der Waals surface area contributed by atoms with Crippen molar-refractivity contribution in [1.82, 2.24) is 5.32 Å². The molecular formula is C18H20BrClN2O2. The van der Waals surface area contributed by atoms with Gasteiger partial charge in [-0.2, -0.15) is 0 Å². The second kappa shape index (κ2) is 8.51. The summed E-state index contributed by atoms with van der Waals surface area (Å²) in [5, 5.41) is 6.66. The zero-order chi connectivity index (χ0) is 17.7. The number of halogens is 2. The normalized spacial score (nSPS) is 11.9. The molecule has 6 heteroatoms. The molecule has 0 fully saturated rings. The Morgan fingerprint density at radius 1 is 1.29 bits per heavy atom. The van der Waals surface area contributed by atoms with Gasteiger partial charge in [-0.05, 0) is 43.2 Å². The van der Waals surface area contributed by atoms with Crippen LogP contribution in [0, 0.1) is 6.92 Å². The largest absolute Gasteiger partial charge is 0.495 e. The lowest BCUT2D eigenvalue weighted by atomic mass is 10.1. The van der Waals surface area contributed by atoms with Crippen molar-refractivity contribution in [1.29, 1.82) is 0 Å². The molecule has 0 spiro atoms. The highest BCUT2D eigenvalue weighted by molar-refractivity contribution is 9.10. The zero-order valence-electron chi connectivity index (χ0n) is 13.8. The van der Waals surface area contributed by atoms with Crippen LogP contribution in [0.2, 0.25) is 5.02 Å². The Balaban J connectivity index is 1.96. The van der Waals surface area contributed by atoms with E-state index in [0.29, 0.717) is 16.5 Å². The molecular weight excluding hydrogens is 392 g/mol. The predicted octanol–water partition coefficient (Wildman–Crippen LogP) is 4.71. The summed E-state index contributed by atoms with van der Waals surface area (Å²) in [7, 11) is 1.55. The van der Waals surface area contributed by atoms with Crippen LogP contribution in [-0.4, -0.2) is 19.6 Å². The van der Waals surface area contributed by atoms with Crippen molar-refractivity contribution in [2.75, 3.05) is 19.0 Å². The molecule has 0 aromatic heterocycles. The number of ether oxygens (including phenoxy) is 1. The van der Waals surface area contributed by atoms with Gasteiger partial charge in [0.25, 0.3) is 0 Å². The van der Waals surface area contributed by atoms with Crippen LogP contribution < -0.4 is 15.4 Å². The molecule has 24 heavy (non-hydrogen) atoms. The van der Waals surface area contributed by atoms with Crippen molar-refractivity contribution in [3.05, 3.63) is 57.0 Å². The van der Waals surface area contributed by atoms with Gasteiger partial charge in [0.2, 0.25) is 5.91 Å². The van der Waals surface area contributed by atoms with Gasteiger partial charge >= 0.3 is 0 Å². The van der Waals surface area contributed by atoms with Crippen LogP contribution >= 0.6 is 27.5 Å². The summed E-state index contributed by atoms with van der Waals surface area (Å²) in [6.45, 7) is 4.09. The molecule has 1 amide bonds. The smallest absolute Gasteiger partial charge is 0.238 e.